The Hall–Kier alpha value is -3.11. The molecule has 4 heteroatoms. The van der Waals surface area contributed by atoms with Crippen LogP contribution in [0.25, 0.3) is 0 Å². The average molecular weight is 443 g/mol. The fourth-order valence-electron chi connectivity index (χ4n) is 4.23. The topological polar surface area (TPSA) is 32.8 Å². The van der Waals surface area contributed by atoms with Crippen LogP contribution >= 0.6 is 0 Å². The Morgan fingerprint density at radius 2 is 1.64 bits per heavy atom. The van der Waals surface area contributed by atoms with Crippen molar-refractivity contribution in [1.82, 2.24) is 9.80 Å². The molecule has 3 aromatic carbocycles. The average Bonchev–Trinajstić information content (AvgIpc) is 2.84. The number of carbonyl (C=O) groups is 1. The van der Waals surface area contributed by atoms with E-state index in [9.17, 15) is 4.79 Å². The van der Waals surface area contributed by atoms with Gasteiger partial charge in [-0.3, -0.25) is 9.69 Å². The molecule has 1 aliphatic heterocycles. The number of piperazine rings is 1. The molecule has 0 aromatic heterocycles. The van der Waals surface area contributed by atoms with Crippen molar-refractivity contribution in [1.29, 1.82) is 0 Å². The Bertz CT molecular complexity index is 1070. The second kappa shape index (κ2) is 10.7. The molecule has 33 heavy (non-hydrogen) atoms. The summed E-state index contributed by atoms with van der Waals surface area (Å²) in [6, 6.07) is 24.6. The third-order valence-corrected chi connectivity index (χ3v) is 6.44. The van der Waals surface area contributed by atoms with Gasteiger partial charge in [0.1, 0.15) is 12.4 Å². The van der Waals surface area contributed by atoms with E-state index in [4.69, 9.17) is 4.74 Å². The third-order valence-electron chi connectivity index (χ3n) is 6.44. The number of carbonyl (C=O) groups excluding carboxylic acids is 1. The van der Waals surface area contributed by atoms with Crippen LogP contribution in [0, 0.1) is 6.92 Å². The largest absolute Gasteiger partial charge is 0.489 e. The Labute approximate surface area is 197 Å². The molecular formula is C29H34N2O2. The van der Waals surface area contributed by atoms with Crippen LogP contribution in [0.1, 0.15) is 52.4 Å². The summed E-state index contributed by atoms with van der Waals surface area (Å²) in [6.45, 7) is 11.2. The van der Waals surface area contributed by atoms with Crippen LogP contribution in [0.4, 0.5) is 0 Å². The van der Waals surface area contributed by atoms with E-state index >= 15 is 0 Å². The highest BCUT2D eigenvalue weighted by atomic mass is 16.5. The summed E-state index contributed by atoms with van der Waals surface area (Å²) < 4.78 is 5.96. The van der Waals surface area contributed by atoms with Crippen LogP contribution in [0.15, 0.2) is 72.8 Å². The number of hydrogen-bond donors (Lipinski definition) is 0. The van der Waals surface area contributed by atoms with Crippen molar-refractivity contribution >= 4 is 5.91 Å². The Balaban J connectivity index is 1.31. The standard InChI is InChI=1S/C29H34N2O2/c1-22(2)25-11-13-28(14-12-25)33-21-24-8-6-10-26(19-24)29(32)31-17-15-30(16-18-31)20-27-9-5-4-7-23(27)3/h4-14,19,22H,15-18,20-21H2,1-3H3. The maximum absolute atomic E-state index is 13.1. The molecule has 0 spiro atoms. The highest BCUT2D eigenvalue weighted by molar-refractivity contribution is 5.94. The number of hydrogen-bond acceptors (Lipinski definition) is 3. The van der Waals surface area contributed by atoms with Crippen molar-refractivity contribution < 1.29 is 9.53 Å². The molecule has 0 saturated carbocycles. The molecule has 0 radical (unpaired) electrons. The number of ether oxygens (including phenoxy) is 1. The summed E-state index contributed by atoms with van der Waals surface area (Å²) in [5.74, 6) is 1.46. The van der Waals surface area contributed by atoms with Crippen molar-refractivity contribution in [3.63, 3.8) is 0 Å². The summed E-state index contributed by atoms with van der Waals surface area (Å²) in [4.78, 5) is 17.5. The van der Waals surface area contributed by atoms with Crippen LogP contribution in [0.3, 0.4) is 0 Å². The molecule has 1 saturated heterocycles. The van der Waals surface area contributed by atoms with Gasteiger partial charge < -0.3 is 9.64 Å². The van der Waals surface area contributed by atoms with E-state index in [1.54, 1.807) is 0 Å². The number of aryl methyl sites for hydroxylation is 1. The summed E-state index contributed by atoms with van der Waals surface area (Å²) in [7, 11) is 0. The lowest BCUT2D eigenvalue weighted by Gasteiger charge is -2.35. The molecule has 1 aliphatic rings. The summed E-state index contributed by atoms with van der Waals surface area (Å²) >= 11 is 0. The quantitative estimate of drug-likeness (QED) is 0.474. The van der Waals surface area contributed by atoms with Crippen LogP contribution in [-0.4, -0.2) is 41.9 Å². The monoisotopic (exact) mass is 442 g/mol. The van der Waals surface area contributed by atoms with E-state index in [1.165, 1.54) is 16.7 Å². The smallest absolute Gasteiger partial charge is 0.253 e. The summed E-state index contributed by atoms with van der Waals surface area (Å²) in [5.41, 5.74) is 5.73. The normalized spacial score (nSPS) is 14.5. The number of nitrogens with zero attached hydrogens (tertiary/aromatic N) is 2. The number of rotatable bonds is 7. The van der Waals surface area contributed by atoms with Gasteiger partial charge in [0.05, 0.1) is 0 Å². The van der Waals surface area contributed by atoms with Gasteiger partial charge in [-0.15, -0.1) is 0 Å². The van der Waals surface area contributed by atoms with Gasteiger partial charge in [-0.25, -0.2) is 0 Å². The first kappa shape index (κ1) is 23.1. The van der Waals surface area contributed by atoms with Gasteiger partial charge in [-0.05, 0) is 59.4 Å². The van der Waals surface area contributed by atoms with E-state index < -0.39 is 0 Å². The van der Waals surface area contributed by atoms with E-state index in [-0.39, 0.29) is 5.91 Å². The van der Waals surface area contributed by atoms with Crippen molar-refractivity contribution in [3.05, 3.63) is 101 Å². The molecule has 0 N–H and O–H groups in total. The molecule has 172 valence electrons. The minimum Gasteiger partial charge on any atom is -0.489 e. The molecule has 0 unspecified atom stereocenters. The molecule has 0 bridgehead atoms. The number of benzene rings is 3. The fourth-order valence-corrected chi connectivity index (χ4v) is 4.23. The summed E-state index contributed by atoms with van der Waals surface area (Å²) in [6.07, 6.45) is 0. The molecule has 4 nitrogen and oxygen atoms in total. The van der Waals surface area contributed by atoms with Gasteiger partial charge in [0.15, 0.2) is 0 Å². The molecule has 0 atom stereocenters. The molecule has 1 heterocycles. The second-order valence-electron chi connectivity index (χ2n) is 9.21. The van der Waals surface area contributed by atoms with Gasteiger partial charge in [-0.1, -0.05) is 62.4 Å². The van der Waals surface area contributed by atoms with Crippen LogP contribution in [0.5, 0.6) is 5.75 Å². The SMILES string of the molecule is Cc1ccccc1CN1CCN(C(=O)c2cccc(COc3ccc(C(C)C)cc3)c2)CC1. The maximum Gasteiger partial charge on any atom is 0.253 e. The first-order chi connectivity index (χ1) is 16.0. The van der Waals surface area contributed by atoms with E-state index in [2.05, 4.69) is 62.1 Å². The zero-order valence-electron chi connectivity index (χ0n) is 20.0. The molecule has 3 aromatic rings. The molecule has 4 rings (SSSR count). The van der Waals surface area contributed by atoms with Gasteiger partial charge in [0, 0.05) is 38.3 Å². The Morgan fingerprint density at radius 3 is 2.33 bits per heavy atom. The lowest BCUT2D eigenvalue weighted by atomic mass is 10.0. The van der Waals surface area contributed by atoms with E-state index in [0.29, 0.717) is 12.5 Å². The van der Waals surface area contributed by atoms with Crippen molar-refractivity contribution in [2.75, 3.05) is 26.2 Å². The number of amides is 1. The predicted molar refractivity (Wildman–Crippen MR) is 134 cm³/mol. The highest BCUT2D eigenvalue weighted by Crippen LogP contribution is 2.20. The van der Waals surface area contributed by atoms with Gasteiger partial charge >= 0.3 is 0 Å². The highest BCUT2D eigenvalue weighted by Gasteiger charge is 2.22. The Morgan fingerprint density at radius 1 is 0.909 bits per heavy atom. The zero-order chi connectivity index (χ0) is 23.2. The van der Waals surface area contributed by atoms with Crippen molar-refractivity contribution in [3.8, 4) is 5.75 Å². The Kier molecular flexibility index (Phi) is 7.46. The third kappa shape index (κ3) is 6.02. The minimum absolute atomic E-state index is 0.105. The first-order valence-corrected chi connectivity index (χ1v) is 11.9. The van der Waals surface area contributed by atoms with E-state index in [1.807, 2.05) is 41.3 Å². The summed E-state index contributed by atoms with van der Waals surface area (Å²) in [5, 5.41) is 0. The second-order valence-corrected chi connectivity index (χ2v) is 9.21. The lowest BCUT2D eigenvalue weighted by Crippen LogP contribution is -2.48. The van der Waals surface area contributed by atoms with Gasteiger partial charge in [0.25, 0.3) is 5.91 Å². The van der Waals surface area contributed by atoms with Gasteiger partial charge in [0.2, 0.25) is 0 Å². The van der Waals surface area contributed by atoms with E-state index in [0.717, 1.165) is 49.6 Å². The van der Waals surface area contributed by atoms with Gasteiger partial charge in [-0.2, -0.15) is 0 Å². The minimum atomic E-state index is 0.105. The predicted octanol–water partition coefficient (Wildman–Crippen LogP) is 5.66. The van der Waals surface area contributed by atoms with Crippen LogP contribution in [-0.2, 0) is 13.2 Å². The zero-order valence-corrected chi connectivity index (χ0v) is 20.0. The van der Waals surface area contributed by atoms with Crippen LogP contribution in [0.2, 0.25) is 0 Å². The molecular weight excluding hydrogens is 408 g/mol. The maximum atomic E-state index is 13.1. The molecule has 0 aliphatic carbocycles. The first-order valence-electron chi connectivity index (χ1n) is 11.9. The lowest BCUT2D eigenvalue weighted by molar-refractivity contribution is 0.0628. The molecule has 1 amide bonds. The van der Waals surface area contributed by atoms with Crippen molar-refractivity contribution in [2.45, 2.75) is 39.8 Å². The van der Waals surface area contributed by atoms with Crippen molar-refractivity contribution in [2.24, 2.45) is 0 Å². The van der Waals surface area contributed by atoms with Crippen LogP contribution < -0.4 is 4.74 Å². The fraction of sp³-hybridized carbons (Fsp3) is 0.345. The molecule has 1 fully saturated rings.